The topological polar surface area (TPSA) is 28.7 Å². The van der Waals surface area contributed by atoms with E-state index in [0.29, 0.717) is 5.92 Å². The molecule has 0 bridgehead atoms. The van der Waals surface area contributed by atoms with Crippen LogP contribution in [0.5, 0.6) is 0 Å². The van der Waals surface area contributed by atoms with Crippen LogP contribution in [0.2, 0.25) is 0 Å². The third kappa shape index (κ3) is 2.83. The predicted octanol–water partition coefficient (Wildman–Crippen LogP) is 4.00. The molecule has 0 unspecified atom stereocenters. The van der Waals surface area contributed by atoms with Crippen LogP contribution in [-0.2, 0) is 5.41 Å². The summed E-state index contributed by atoms with van der Waals surface area (Å²) in [4.78, 5) is 0. The van der Waals surface area contributed by atoms with Gasteiger partial charge in [-0.2, -0.15) is 5.10 Å². The van der Waals surface area contributed by atoms with Gasteiger partial charge in [-0.3, -0.25) is 5.10 Å². The van der Waals surface area contributed by atoms with E-state index in [1.807, 2.05) is 6.20 Å². The number of nitrogens with one attached hydrogen (secondary N) is 1. The Balaban J connectivity index is 2.88. The Morgan fingerprint density at radius 1 is 1.40 bits per heavy atom. The molecular formula is C13H24N2. The summed E-state index contributed by atoms with van der Waals surface area (Å²) in [7, 11) is 0. The van der Waals surface area contributed by atoms with Crippen molar-refractivity contribution >= 4 is 0 Å². The van der Waals surface area contributed by atoms with Crippen LogP contribution in [0.3, 0.4) is 0 Å². The summed E-state index contributed by atoms with van der Waals surface area (Å²) in [5, 5.41) is 7.33. The van der Waals surface area contributed by atoms with Crippen molar-refractivity contribution in [1.82, 2.24) is 10.2 Å². The van der Waals surface area contributed by atoms with Crippen LogP contribution in [0.25, 0.3) is 0 Å². The number of aromatic amines is 1. The Bertz CT molecular complexity index is 297. The largest absolute Gasteiger partial charge is 0.282 e. The third-order valence-corrected chi connectivity index (χ3v) is 3.13. The minimum atomic E-state index is 0.253. The molecule has 1 rings (SSSR count). The van der Waals surface area contributed by atoms with Gasteiger partial charge in [0.1, 0.15) is 0 Å². The molecule has 2 heteroatoms. The molecule has 0 aromatic carbocycles. The van der Waals surface area contributed by atoms with Crippen molar-refractivity contribution in [3.05, 3.63) is 17.5 Å². The molecule has 2 nitrogen and oxygen atoms in total. The van der Waals surface area contributed by atoms with E-state index in [0.717, 1.165) is 0 Å². The van der Waals surface area contributed by atoms with Gasteiger partial charge in [-0.1, -0.05) is 47.5 Å². The zero-order chi connectivity index (χ0) is 11.5. The Morgan fingerprint density at radius 2 is 2.07 bits per heavy atom. The summed E-state index contributed by atoms with van der Waals surface area (Å²) >= 11 is 0. The molecule has 1 aromatic heterocycles. The maximum atomic E-state index is 4.19. The zero-order valence-corrected chi connectivity index (χ0v) is 10.7. The van der Waals surface area contributed by atoms with Gasteiger partial charge < -0.3 is 0 Å². The number of hydrogen-bond acceptors (Lipinski definition) is 1. The Morgan fingerprint density at radius 3 is 2.60 bits per heavy atom. The monoisotopic (exact) mass is 208 g/mol. The number of aromatic nitrogens is 2. The number of unbranched alkanes of at least 4 members (excludes halogenated alkanes) is 1. The summed E-state index contributed by atoms with van der Waals surface area (Å²) in [5.41, 5.74) is 2.95. The lowest BCUT2D eigenvalue weighted by atomic mass is 9.79. The summed E-state index contributed by atoms with van der Waals surface area (Å²) in [5.74, 6) is 0.531. The van der Waals surface area contributed by atoms with Crippen LogP contribution in [-0.4, -0.2) is 10.2 Å². The molecule has 0 aliphatic rings. The lowest BCUT2D eigenvalue weighted by molar-refractivity contribution is 0.452. The highest BCUT2D eigenvalue weighted by atomic mass is 15.1. The van der Waals surface area contributed by atoms with E-state index in [9.17, 15) is 0 Å². The number of nitrogens with zero attached hydrogens (tertiary/aromatic N) is 1. The van der Waals surface area contributed by atoms with Gasteiger partial charge in [0, 0.05) is 5.69 Å². The highest BCUT2D eigenvalue weighted by Gasteiger charge is 2.25. The van der Waals surface area contributed by atoms with Crippen LogP contribution in [0.15, 0.2) is 6.20 Å². The maximum Gasteiger partial charge on any atom is 0.0527 e. The zero-order valence-electron chi connectivity index (χ0n) is 10.7. The normalized spacial score (nSPS) is 12.4. The van der Waals surface area contributed by atoms with E-state index in [-0.39, 0.29) is 5.41 Å². The molecule has 1 aromatic rings. The molecule has 0 radical (unpaired) electrons. The lowest BCUT2D eigenvalue weighted by Crippen LogP contribution is -2.18. The Hall–Kier alpha value is -0.790. The summed E-state index contributed by atoms with van der Waals surface area (Å²) in [6.45, 7) is 11.3. The van der Waals surface area contributed by atoms with Crippen LogP contribution in [0, 0.1) is 0 Å². The first kappa shape index (κ1) is 12.3. The van der Waals surface area contributed by atoms with Crippen molar-refractivity contribution in [1.29, 1.82) is 0 Å². The van der Waals surface area contributed by atoms with E-state index in [2.05, 4.69) is 44.8 Å². The van der Waals surface area contributed by atoms with Crippen molar-refractivity contribution in [3.8, 4) is 0 Å². The standard InChI is InChI=1S/C13H24N2/c1-6-7-8-13(4,5)11-9-14-15-12(11)10(2)3/h9-10H,6-8H2,1-5H3,(H,14,15). The second kappa shape index (κ2) is 4.82. The molecule has 0 spiro atoms. The lowest BCUT2D eigenvalue weighted by Gasteiger charge is -2.25. The fourth-order valence-electron chi connectivity index (χ4n) is 2.03. The van der Waals surface area contributed by atoms with Crippen LogP contribution in [0.4, 0.5) is 0 Å². The summed E-state index contributed by atoms with van der Waals surface area (Å²) < 4.78 is 0. The molecule has 1 N–H and O–H groups in total. The van der Waals surface area contributed by atoms with Gasteiger partial charge in [-0.05, 0) is 23.3 Å². The van der Waals surface area contributed by atoms with Crippen LogP contribution >= 0.6 is 0 Å². The molecule has 0 fully saturated rings. The molecule has 86 valence electrons. The fourth-order valence-corrected chi connectivity index (χ4v) is 2.03. The van der Waals surface area contributed by atoms with Gasteiger partial charge in [0.25, 0.3) is 0 Å². The van der Waals surface area contributed by atoms with Crippen molar-refractivity contribution < 1.29 is 0 Å². The van der Waals surface area contributed by atoms with Gasteiger partial charge >= 0.3 is 0 Å². The molecular weight excluding hydrogens is 184 g/mol. The predicted molar refractivity (Wildman–Crippen MR) is 65.2 cm³/mol. The van der Waals surface area contributed by atoms with E-state index < -0.39 is 0 Å². The van der Waals surface area contributed by atoms with E-state index in [4.69, 9.17) is 0 Å². The SMILES string of the molecule is CCCCC(C)(C)c1cn[nH]c1C(C)C. The fraction of sp³-hybridized carbons (Fsp3) is 0.769. The Kier molecular flexibility index (Phi) is 3.95. The third-order valence-electron chi connectivity index (χ3n) is 3.13. The second-order valence-corrected chi connectivity index (χ2v) is 5.34. The highest BCUT2D eigenvalue weighted by Crippen LogP contribution is 2.33. The molecule has 0 aliphatic heterocycles. The minimum Gasteiger partial charge on any atom is -0.282 e. The maximum absolute atomic E-state index is 4.19. The van der Waals surface area contributed by atoms with Crippen molar-refractivity contribution in [2.45, 2.75) is 65.2 Å². The molecule has 0 saturated heterocycles. The summed E-state index contributed by atoms with van der Waals surface area (Å²) in [6.07, 6.45) is 5.79. The van der Waals surface area contributed by atoms with Crippen molar-refractivity contribution in [2.24, 2.45) is 0 Å². The van der Waals surface area contributed by atoms with Crippen LogP contribution < -0.4 is 0 Å². The van der Waals surface area contributed by atoms with Gasteiger partial charge in [0.05, 0.1) is 6.20 Å². The average molecular weight is 208 g/mol. The van der Waals surface area contributed by atoms with Gasteiger partial charge in [0.15, 0.2) is 0 Å². The molecule has 1 heterocycles. The first-order chi connectivity index (χ1) is 6.99. The highest BCUT2D eigenvalue weighted by molar-refractivity contribution is 5.27. The average Bonchev–Trinajstić information content (AvgIpc) is 2.63. The van der Waals surface area contributed by atoms with E-state index in [1.54, 1.807) is 0 Å². The molecule has 0 amide bonds. The van der Waals surface area contributed by atoms with Crippen molar-refractivity contribution in [2.75, 3.05) is 0 Å². The summed E-state index contributed by atoms with van der Waals surface area (Å²) in [6, 6.07) is 0. The molecule has 0 aliphatic carbocycles. The number of H-pyrrole nitrogens is 1. The number of hydrogen-bond donors (Lipinski definition) is 1. The first-order valence-corrected chi connectivity index (χ1v) is 6.02. The molecule has 0 saturated carbocycles. The molecule has 0 atom stereocenters. The number of rotatable bonds is 5. The van der Waals surface area contributed by atoms with Crippen LogP contribution in [0.1, 0.15) is 71.1 Å². The quantitative estimate of drug-likeness (QED) is 0.778. The van der Waals surface area contributed by atoms with Crippen molar-refractivity contribution in [3.63, 3.8) is 0 Å². The van der Waals surface area contributed by atoms with E-state index in [1.165, 1.54) is 30.5 Å². The second-order valence-electron chi connectivity index (χ2n) is 5.34. The molecule has 15 heavy (non-hydrogen) atoms. The Labute approximate surface area is 93.5 Å². The van der Waals surface area contributed by atoms with Gasteiger partial charge in [-0.15, -0.1) is 0 Å². The van der Waals surface area contributed by atoms with Gasteiger partial charge in [-0.25, -0.2) is 0 Å². The van der Waals surface area contributed by atoms with E-state index >= 15 is 0 Å². The van der Waals surface area contributed by atoms with Gasteiger partial charge in [0.2, 0.25) is 0 Å². The minimum absolute atomic E-state index is 0.253. The first-order valence-electron chi connectivity index (χ1n) is 6.02. The smallest absolute Gasteiger partial charge is 0.0527 e.